The maximum absolute atomic E-state index is 12.1. The summed E-state index contributed by atoms with van der Waals surface area (Å²) < 4.78 is 11.1. The van der Waals surface area contributed by atoms with Gasteiger partial charge in [0.25, 0.3) is 5.91 Å². The molecule has 1 fully saturated rings. The van der Waals surface area contributed by atoms with Gasteiger partial charge in [-0.05, 0) is 62.9 Å². The van der Waals surface area contributed by atoms with Gasteiger partial charge >= 0.3 is 0 Å². The van der Waals surface area contributed by atoms with Crippen LogP contribution < -0.4 is 14.8 Å². The van der Waals surface area contributed by atoms with Crippen molar-refractivity contribution in [3.8, 4) is 11.5 Å². The van der Waals surface area contributed by atoms with E-state index < -0.39 is 0 Å². The van der Waals surface area contributed by atoms with Crippen molar-refractivity contribution in [1.82, 2.24) is 10.2 Å². The highest BCUT2D eigenvalue weighted by Crippen LogP contribution is 2.18. The van der Waals surface area contributed by atoms with Crippen LogP contribution in [0, 0.1) is 5.92 Å². The summed E-state index contributed by atoms with van der Waals surface area (Å²) in [7, 11) is 0. The van der Waals surface area contributed by atoms with Crippen LogP contribution in [0.25, 0.3) is 0 Å². The fourth-order valence-corrected chi connectivity index (χ4v) is 3.20. The second-order valence-electron chi connectivity index (χ2n) is 7.08. The summed E-state index contributed by atoms with van der Waals surface area (Å²) in [4.78, 5) is 14.5. The van der Waals surface area contributed by atoms with E-state index in [-0.39, 0.29) is 18.6 Å². The maximum atomic E-state index is 12.1. The van der Waals surface area contributed by atoms with Crippen molar-refractivity contribution < 1.29 is 14.3 Å². The van der Waals surface area contributed by atoms with Gasteiger partial charge in [0.15, 0.2) is 6.61 Å². The van der Waals surface area contributed by atoms with Crippen LogP contribution >= 0.6 is 0 Å². The predicted octanol–water partition coefficient (Wildman–Crippen LogP) is 3.09. The minimum Gasteiger partial charge on any atom is -0.494 e. The summed E-state index contributed by atoms with van der Waals surface area (Å²) in [6.07, 6.45) is 3.54. The van der Waals surface area contributed by atoms with E-state index in [9.17, 15) is 4.79 Å². The second-order valence-corrected chi connectivity index (χ2v) is 7.08. The molecule has 1 N–H and O–H groups in total. The zero-order valence-corrected chi connectivity index (χ0v) is 15.8. The van der Waals surface area contributed by atoms with Crippen molar-refractivity contribution in [2.24, 2.45) is 5.92 Å². The molecule has 25 heavy (non-hydrogen) atoms. The SMILES string of the molecule is CCCOc1ccc(OCC(=O)NC(C)CN2CCCC(C)C2)cc1. The average Bonchev–Trinajstić information content (AvgIpc) is 2.59. The molecule has 1 amide bonds. The first kappa shape index (κ1) is 19.6. The highest BCUT2D eigenvalue weighted by molar-refractivity contribution is 5.77. The lowest BCUT2D eigenvalue weighted by molar-refractivity contribution is -0.123. The lowest BCUT2D eigenvalue weighted by Gasteiger charge is -2.32. The molecule has 0 bridgehead atoms. The highest BCUT2D eigenvalue weighted by Gasteiger charge is 2.18. The van der Waals surface area contributed by atoms with Gasteiger partial charge in [-0.15, -0.1) is 0 Å². The molecule has 0 radical (unpaired) electrons. The van der Waals surface area contributed by atoms with E-state index in [0.29, 0.717) is 12.4 Å². The van der Waals surface area contributed by atoms with Crippen molar-refractivity contribution >= 4 is 5.91 Å². The molecule has 0 aliphatic carbocycles. The van der Waals surface area contributed by atoms with E-state index in [2.05, 4.69) is 31.0 Å². The van der Waals surface area contributed by atoms with Crippen molar-refractivity contribution in [3.05, 3.63) is 24.3 Å². The number of amides is 1. The fraction of sp³-hybridized carbons (Fsp3) is 0.650. The third kappa shape index (κ3) is 7.34. The molecular formula is C20H32N2O3. The van der Waals surface area contributed by atoms with Crippen LogP contribution in [0.4, 0.5) is 0 Å². The van der Waals surface area contributed by atoms with Crippen LogP contribution in [0.3, 0.4) is 0 Å². The molecule has 5 nitrogen and oxygen atoms in total. The van der Waals surface area contributed by atoms with Crippen LogP contribution in [0.15, 0.2) is 24.3 Å². The Balaban J connectivity index is 1.67. The van der Waals surface area contributed by atoms with Gasteiger partial charge in [-0.2, -0.15) is 0 Å². The van der Waals surface area contributed by atoms with Gasteiger partial charge in [-0.3, -0.25) is 4.79 Å². The Bertz CT molecular complexity index is 518. The molecule has 5 heteroatoms. The average molecular weight is 348 g/mol. The third-order valence-corrected chi connectivity index (χ3v) is 4.35. The molecule has 2 rings (SSSR count). The van der Waals surface area contributed by atoms with E-state index in [1.807, 2.05) is 24.3 Å². The minimum absolute atomic E-state index is 0.0376. The molecule has 0 saturated carbocycles. The lowest BCUT2D eigenvalue weighted by Crippen LogP contribution is -2.46. The number of carbonyl (C=O) groups is 1. The molecular weight excluding hydrogens is 316 g/mol. The monoisotopic (exact) mass is 348 g/mol. The Kier molecular flexibility index (Phi) is 8.06. The fourth-order valence-electron chi connectivity index (χ4n) is 3.20. The van der Waals surface area contributed by atoms with Gasteiger partial charge in [0, 0.05) is 19.1 Å². The van der Waals surface area contributed by atoms with Crippen LogP contribution in [0.1, 0.15) is 40.0 Å². The van der Waals surface area contributed by atoms with Gasteiger partial charge in [-0.1, -0.05) is 13.8 Å². The van der Waals surface area contributed by atoms with Crippen LogP contribution in [0.2, 0.25) is 0 Å². The largest absolute Gasteiger partial charge is 0.494 e. The topological polar surface area (TPSA) is 50.8 Å². The van der Waals surface area contributed by atoms with Crippen molar-refractivity contribution in [1.29, 1.82) is 0 Å². The number of likely N-dealkylation sites (tertiary alicyclic amines) is 1. The van der Waals surface area contributed by atoms with E-state index in [1.54, 1.807) is 0 Å². The first-order chi connectivity index (χ1) is 12.1. The van der Waals surface area contributed by atoms with Gasteiger partial charge in [0.1, 0.15) is 11.5 Å². The van der Waals surface area contributed by atoms with Crippen LogP contribution in [-0.2, 0) is 4.79 Å². The number of nitrogens with zero attached hydrogens (tertiary/aromatic N) is 1. The number of rotatable bonds is 9. The normalized spacial score (nSPS) is 19.2. The van der Waals surface area contributed by atoms with Gasteiger partial charge in [-0.25, -0.2) is 0 Å². The summed E-state index contributed by atoms with van der Waals surface area (Å²) in [5.74, 6) is 2.17. The molecule has 1 heterocycles. The van der Waals surface area contributed by atoms with Gasteiger partial charge in [0.2, 0.25) is 0 Å². The van der Waals surface area contributed by atoms with E-state index in [0.717, 1.165) is 37.7 Å². The van der Waals surface area contributed by atoms with Crippen molar-refractivity contribution in [2.75, 3.05) is 32.8 Å². The van der Waals surface area contributed by atoms with Crippen LogP contribution in [-0.4, -0.2) is 49.7 Å². The first-order valence-electron chi connectivity index (χ1n) is 9.44. The number of hydrogen-bond acceptors (Lipinski definition) is 4. The number of carbonyl (C=O) groups excluding carboxylic acids is 1. The molecule has 2 atom stereocenters. The minimum atomic E-state index is -0.0798. The zero-order valence-electron chi connectivity index (χ0n) is 15.8. The Hall–Kier alpha value is -1.75. The maximum Gasteiger partial charge on any atom is 0.258 e. The molecule has 1 aromatic rings. The molecule has 0 spiro atoms. The molecule has 2 unspecified atom stereocenters. The third-order valence-electron chi connectivity index (χ3n) is 4.35. The molecule has 1 aliphatic rings. The molecule has 1 aromatic carbocycles. The number of ether oxygens (including phenoxy) is 2. The number of hydrogen-bond donors (Lipinski definition) is 1. The van der Waals surface area contributed by atoms with Crippen molar-refractivity contribution in [2.45, 2.75) is 46.1 Å². The van der Waals surface area contributed by atoms with Gasteiger partial charge < -0.3 is 19.7 Å². The summed E-state index contributed by atoms with van der Waals surface area (Å²) >= 11 is 0. The molecule has 0 aromatic heterocycles. The molecule has 1 saturated heterocycles. The summed E-state index contributed by atoms with van der Waals surface area (Å²) in [5.41, 5.74) is 0. The van der Waals surface area contributed by atoms with E-state index in [4.69, 9.17) is 9.47 Å². The Morgan fingerprint density at radius 1 is 1.28 bits per heavy atom. The van der Waals surface area contributed by atoms with E-state index in [1.165, 1.54) is 12.8 Å². The summed E-state index contributed by atoms with van der Waals surface area (Å²) in [6.45, 7) is 10.3. The number of benzene rings is 1. The standard InChI is InChI=1S/C20H32N2O3/c1-4-12-24-18-7-9-19(10-8-18)25-15-20(23)21-17(3)14-22-11-5-6-16(2)13-22/h7-10,16-17H,4-6,11-15H2,1-3H3,(H,21,23). The highest BCUT2D eigenvalue weighted by atomic mass is 16.5. The summed E-state index contributed by atoms with van der Waals surface area (Å²) in [5, 5.41) is 3.02. The first-order valence-corrected chi connectivity index (χ1v) is 9.44. The zero-order chi connectivity index (χ0) is 18.1. The molecule has 140 valence electrons. The van der Waals surface area contributed by atoms with Crippen LogP contribution in [0.5, 0.6) is 11.5 Å². The van der Waals surface area contributed by atoms with E-state index >= 15 is 0 Å². The number of nitrogens with one attached hydrogen (secondary N) is 1. The Morgan fingerprint density at radius 2 is 1.96 bits per heavy atom. The number of piperidine rings is 1. The molecule has 1 aliphatic heterocycles. The lowest BCUT2D eigenvalue weighted by atomic mass is 10.00. The second kappa shape index (κ2) is 10.3. The quantitative estimate of drug-likeness (QED) is 0.745. The smallest absolute Gasteiger partial charge is 0.258 e. The Morgan fingerprint density at radius 3 is 2.60 bits per heavy atom. The van der Waals surface area contributed by atoms with Crippen molar-refractivity contribution in [3.63, 3.8) is 0 Å². The predicted molar refractivity (Wildman–Crippen MR) is 100 cm³/mol. The summed E-state index contributed by atoms with van der Waals surface area (Å²) in [6, 6.07) is 7.52. The van der Waals surface area contributed by atoms with Gasteiger partial charge in [0.05, 0.1) is 6.61 Å². The Labute approximate surface area is 151 Å².